The Bertz CT molecular complexity index is 784. The van der Waals surface area contributed by atoms with Gasteiger partial charge >= 0.3 is 0 Å². The van der Waals surface area contributed by atoms with Gasteiger partial charge in [-0.15, -0.1) is 0 Å². The molecule has 0 saturated carbocycles. The number of furan rings is 1. The zero-order valence-corrected chi connectivity index (χ0v) is 15.2. The Morgan fingerprint density at radius 3 is 2.85 bits per heavy atom. The number of aryl methyl sites for hydroxylation is 2. The van der Waals surface area contributed by atoms with Crippen LogP contribution in [0.1, 0.15) is 29.3 Å². The van der Waals surface area contributed by atoms with Crippen LogP contribution in [0.3, 0.4) is 0 Å². The summed E-state index contributed by atoms with van der Waals surface area (Å²) >= 11 is 0. The van der Waals surface area contributed by atoms with Crippen molar-refractivity contribution in [1.29, 1.82) is 0 Å². The molecule has 1 aliphatic heterocycles. The lowest BCUT2D eigenvalue weighted by molar-refractivity contribution is -0.138. The zero-order valence-electron chi connectivity index (χ0n) is 15.2. The summed E-state index contributed by atoms with van der Waals surface area (Å²) in [6, 6.07) is 3.26. The first-order valence-electron chi connectivity index (χ1n) is 8.53. The van der Waals surface area contributed by atoms with E-state index < -0.39 is 6.04 Å². The fourth-order valence-electron chi connectivity index (χ4n) is 2.97. The minimum Gasteiger partial charge on any atom is -0.465 e. The molecule has 1 fully saturated rings. The van der Waals surface area contributed by atoms with Crippen LogP contribution in [0.15, 0.2) is 21.2 Å². The Morgan fingerprint density at radius 2 is 2.19 bits per heavy atom. The molecule has 140 valence electrons. The smallest absolute Gasteiger partial charge is 0.237 e. The lowest BCUT2D eigenvalue weighted by Crippen LogP contribution is -2.56. The lowest BCUT2D eigenvalue weighted by Gasteiger charge is -2.34. The molecule has 1 aliphatic rings. The van der Waals surface area contributed by atoms with Gasteiger partial charge in [0.2, 0.25) is 11.8 Å². The summed E-state index contributed by atoms with van der Waals surface area (Å²) in [7, 11) is 1.68. The molecule has 1 atom stereocenters. The summed E-state index contributed by atoms with van der Waals surface area (Å²) in [6.07, 6.45) is 0.0896. The molecule has 1 saturated heterocycles. The molecule has 2 amide bonds. The first-order valence-corrected chi connectivity index (χ1v) is 8.53. The molecule has 1 unspecified atom stereocenters. The Labute approximate surface area is 151 Å². The maximum Gasteiger partial charge on any atom is 0.237 e. The second kappa shape index (κ2) is 7.69. The van der Waals surface area contributed by atoms with Gasteiger partial charge in [0.15, 0.2) is 0 Å². The van der Waals surface area contributed by atoms with Crippen LogP contribution in [0.25, 0.3) is 0 Å². The normalized spacial score (nSPS) is 18.0. The third-order valence-corrected chi connectivity index (χ3v) is 4.52. The molecule has 0 aromatic carbocycles. The number of nitrogens with zero attached hydrogens (tertiary/aromatic N) is 4. The van der Waals surface area contributed by atoms with Gasteiger partial charge in [-0.05, 0) is 26.0 Å². The number of aromatic nitrogens is 2. The van der Waals surface area contributed by atoms with Crippen LogP contribution in [-0.4, -0.2) is 58.1 Å². The van der Waals surface area contributed by atoms with Crippen molar-refractivity contribution < 1.29 is 18.6 Å². The molecule has 26 heavy (non-hydrogen) atoms. The van der Waals surface area contributed by atoms with Crippen molar-refractivity contribution in [1.82, 2.24) is 25.4 Å². The van der Waals surface area contributed by atoms with Gasteiger partial charge in [0.1, 0.15) is 22.9 Å². The third kappa shape index (κ3) is 4.10. The maximum atomic E-state index is 12.6. The molecule has 0 spiro atoms. The predicted molar refractivity (Wildman–Crippen MR) is 90.8 cm³/mol. The molecular weight excluding hydrogens is 338 g/mol. The molecule has 0 bridgehead atoms. The molecule has 1 N–H and O–H groups in total. The highest BCUT2D eigenvalue weighted by Gasteiger charge is 2.33. The first-order chi connectivity index (χ1) is 12.4. The Hall–Kier alpha value is -2.68. The van der Waals surface area contributed by atoms with Gasteiger partial charge < -0.3 is 14.6 Å². The van der Waals surface area contributed by atoms with E-state index in [0.29, 0.717) is 37.6 Å². The Balaban J connectivity index is 1.64. The topological polar surface area (TPSA) is 105 Å². The molecule has 2 aromatic heterocycles. The van der Waals surface area contributed by atoms with Crippen LogP contribution in [-0.2, 0) is 22.7 Å². The van der Waals surface area contributed by atoms with Crippen LogP contribution >= 0.6 is 0 Å². The second-order valence-corrected chi connectivity index (χ2v) is 6.54. The Kier molecular flexibility index (Phi) is 5.36. The van der Waals surface area contributed by atoms with Crippen molar-refractivity contribution in [3.8, 4) is 0 Å². The van der Waals surface area contributed by atoms with E-state index in [1.54, 1.807) is 14.0 Å². The van der Waals surface area contributed by atoms with Crippen LogP contribution in [0.5, 0.6) is 0 Å². The van der Waals surface area contributed by atoms with E-state index in [2.05, 4.69) is 20.3 Å². The molecule has 0 radical (unpaired) electrons. The van der Waals surface area contributed by atoms with Crippen LogP contribution in [0, 0.1) is 13.8 Å². The van der Waals surface area contributed by atoms with Crippen molar-refractivity contribution in [2.24, 2.45) is 0 Å². The number of rotatable bonds is 6. The molecule has 9 nitrogen and oxygen atoms in total. The summed E-state index contributed by atoms with van der Waals surface area (Å²) in [6.45, 7) is 5.66. The standard InChI is InChI=1S/C17H23N5O4/c1-11-4-5-13(25-11)9-22-7-6-18-17(24)15(22)8-16(23)21(3)10-14-12(2)19-26-20-14/h4-5,15H,6-10H2,1-3H3,(H,18,24). The van der Waals surface area contributed by atoms with Crippen molar-refractivity contribution in [2.75, 3.05) is 20.1 Å². The maximum absolute atomic E-state index is 12.6. The van der Waals surface area contributed by atoms with Crippen molar-refractivity contribution in [3.63, 3.8) is 0 Å². The predicted octanol–water partition coefficient (Wildman–Crippen LogP) is 0.629. The van der Waals surface area contributed by atoms with E-state index in [1.807, 2.05) is 24.0 Å². The van der Waals surface area contributed by atoms with Crippen LogP contribution in [0.4, 0.5) is 0 Å². The number of nitrogens with one attached hydrogen (secondary N) is 1. The van der Waals surface area contributed by atoms with Crippen molar-refractivity contribution in [2.45, 2.75) is 39.4 Å². The number of amides is 2. The van der Waals surface area contributed by atoms with E-state index in [4.69, 9.17) is 4.42 Å². The van der Waals surface area contributed by atoms with Crippen LogP contribution in [0.2, 0.25) is 0 Å². The van der Waals surface area contributed by atoms with Gasteiger partial charge in [-0.3, -0.25) is 14.5 Å². The number of carbonyl (C=O) groups excluding carboxylic acids is 2. The number of piperazine rings is 1. The fraction of sp³-hybridized carbons (Fsp3) is 0.529. The summed E-state index contributed by atoms with van der Waals surface area (Å²) < 4.78 is 10.3. The molecule has 3 heterocycles. The highest BCUT2D eigenvalue weighted by molar-refractivity contribution is 5.88. The van der Waals surface area contributed by atoms with Crippen LogP contribution < -0.4 is 5.32 Å². The molecular formula is C17H23N5O4. The molecule has 0 aliphatic carbocycles. The largest absolute Gasteiger partial charge is 0.465 e. The molecule has 9 heteroatoms. The van der Waals surface area contributed by atoms with Gasteiger partial charge in [-0.2, -0.15) is 0 Å². The summed E-state index contributed by atoms with van der Waals surface area (Å²) in [5.41, 5.74) is 1.26. The fourth-order valence-corrected chi connectivity index (χ4v) is 2.97. The van der Waals surface area contributed by atoms with Gasteiger partial charge in [-0.1, -0.05) is 10.3 Å². The van der Waals surface area contributed by atoms with Crippen molar-refractivity contribution in [3.05, 3.63) is 35.0 Å². The summed E-state index contributed by atoms with van der Waals surface area (Å²) in [4.78, 5) is 28.5. The van der Waals surface area contributed by atoms with E-state index in [1.165, 1.54) is 4.90 Å². The van der Waals surface area contributed by atoms with Gasteiger partial charge in [0, 0.05) is 20.1 Å². The highest BCUT2D eigenvalue weighted by Crippen LogP contribution is 2.17. The number of hydrogen-bond donors (Lipinski definition) is 1. The van der Waals surface area contributed by atoms with Gasteiger partial charge in [0.25, 0.3) is 0 Å². The van der Waals surface area contributed by atoms with E-state index in [-0.39, 0.29) is 18.2 Å². The van der Waals surface area contributed by atoms with E-state index in [9.17, 15) is 9.59 Å². The van der Waals surface area contributed by atoms with Gasteiger partial charge in [0.05, 0.1) is 25.6 Å². The Morgan fingerprint density at radius 1 is 1.38 bits per heavy atom. The lowest BCUT2D eigenvalue weighted by atomic mass is 10.1. The average molecular weight is 361 g/mol. The SMILES string of the molecule is Cc1ccc(CN2CCNC(=O)C2CC(=O)N(C)Cc2nonc2C)o1. The summed E-state index contributed by atoms with van der Waals surface area (Å²) in [5, 5.41) is 10.3. The zero-order chi connectivity index (χ0) is 18.7. The minimum absolute atomic E-state index is 0.0896. The van der Waals surface area contributed by atoms with Crippen molar-refractivity contribution >= 4 is 11.8 Å². The molecule has 2 aromatic rings. The molecule has 3 rings (SSSR count). The monoisotopic (exact) mass is 361 g/mol. The van der Waals surface area contributed by atoms with E-state index in [0.717, 1.165) is 11.5 Å². The third-order valence-electron chi connectivity index (χ3n) is 4.52. The van der Waals surface area contributed by atoms with E-state index >= 15 is 0 Å². The second-order valence-electron chi connectivity index (χ2n) is 6.54. The minimum atomic E-state index is -0.527. The number of carbonyl (C=O) groups is 2. The summed E-state index contributed by atoms with van der Waals surface area (Å²) in [5.74, 6) is 1.33. The highest BCUT2D eigenvalue weighted by atomic mass is 16.6. The first kappa shape index (κ1) is 18.1. The average Bonchev–Trinajstić information content (AvgIpc) is 3.19. The van der Waals surface area contributed by atoms with Gasteiger partial charge in [-0.25, -0.2) is 4.63 Å². The quantitative estimate of drug-likeness (QED) is 0.804. The number of hydrogen-bond acceptors (Lipinski definition) is 7.